The summed E-state index contributed by atoms with van der Waals surface area (Å²) in [5.41, 5.74) is 4.18. The van der Waals surface area contributed by atoms with Gasteiger partial charge in [0.1, 0.15) is 0 Å². The van der Waals surface area contributed by atoms with Gasteiger partial charge in [0.2, 0.25) is 0 Å². The zero-order valence-electron chi connectivity index (χ0n) is 10.4. The van der Waals surface area contributed by atoms with Gasteiger partial charge in [-0.2, -0.15) is 0 Å². The van der Waals surface area contributed by atoms with Crippen molar-refractivity contribution in [3.63, 3.8) is 0 Å². The van der Waals surface area contributed by atoms with E-state index in [9.17, 15) is 0 Å². The molecule has 1 saturated heterocycles. The van der Waals surface area contributed by atoms with Gasteiger partial charge in [0.15, 0.2) is 0 Å². The number of hydrogen-bond acceptors (Lipinski definition) is 5. The topological polar surface area (TPSA) is 41.9 Å². The van der Waals surface area contributed by atoms with Crippen LogP contribution in [0.1, 0.15) is 35.1 Å². The average Bonchev–Trinajstić information content (AvgIpc) is 3.01. The van der Waals surface area contributed by atoms with E-state index in [2.05, 4.69) is 26.8 Å². The Morgan fingerprint density at radius 2 is 2.33 bits per heavy atom. The fraction of sp³-hybridized carbons (Fsp3) is 0.462. The highest BCUT2D eigenvalue weighted by atomic mass is 32.1. The van der Waals surface area contributed by atoms with Crippen molar-refractivity contribution in [1.29, 1.82) is 0 Å². The number of aromatic nitrogens is 3. The number of aryl methyl sites for hydroxylation is 1. The molecule has 0 aromatic carbocycles. The third kappa shape index (κ3) is 2.28. The van der Waals surface area contributed by atoms with Crippen molar-refractivity contribution in [1.82, 2.24) is 19.9 Å². The second-order valence-corrected chi connectivity index (χ2v) is 5.56. The first-order valence-electron chi connectivity index (χ1n) is 6.23. The van der Waals surface area contributed by atoms with E-state index in [1.807, 2.05) is 11.7 Å². The second kappa shape index (κ2) is 5.12. The lowest BCUT2D eigenvalue weighted by atomic mass is 10.1. The predicted molar refractivity (Wildman–Crippen MR) is 71.3 cm³/mol. The van der Waals surface area contributed by atoms with Crippen LogP contribution in [0, 0.1) is 6.92 Å². The van der Waals surface area contributed by atoms with Crippen LogP contribution in [0.15, 0.2) is 24.1 Å². The van der Waals surface area contributed by atoms with Gasteiger partial charge in [0.25, 0.3) is 0 Å². The van der Waals surface area contributed by atoms with Gasteiger partial charge < -0.3 is 0 Å². The van der Waals surface area contributed by atoms with E-state index >= 15 is 0 Å². The summed E-state index contributed by atoms with van der Waals surface area (Å²) in [6.07, 6.45) is 7.82. The minimum absolute atomic E-state index is 0.417. The summed E-state index contributed by atoms with van der Waals surface area (Å²) in [6.45, 7) is 4.20. The highest BCUT2D eigenvalue weighted by Crippen LogP contribution is 2.32. The molecule has 0 unspecified atom stereocenters. The lowest BCUT2D eigenvalue weighted by molar-refractivity contribution is 0.245. The van der Waals surface area contributed by atoms with Crippen molar-refractivity contribution in [3.05, 3.63) is 40.4 Å². The van der Waals surface area contributed by atoms with Crippen molar-refractivity contribution in [3.8, 4) is 0 Å². The van der Waals surface area contributed by atoms with Crippen LogP contribution in [0.25, 0.3) is 0 Å². The molecule has 18 heavy (non-hydrogen) atoms. The highest BCUT2D eigenvalue weighted by molar-refractivity contribution is 7.09. The molecule has 0 bridgehead atoms. The molecular weight excluding hydrogens is 244 g/mol. The summed E-state index contributed by atoms with van der Waals surface area (Å²) >= 11 is 1.74. The number of rotatable bonds is 3. The van der Waals surface area contributed by atoms with Gasteiger partial charge in [-0.05, 0) is 26.3 Å². The van der Waals surface area contributed by atoms with Gasteiger partial charge in [-0.15, -0.1) is 11.3 Å². The summed E-state index contributed by atoms with van der Waals surface area (Å²) < 4.78 is 0. The summed E-state index contributed by atoms with van der Waals surface area (Å²) in [5.74, 6) is 0. The van der Waals surface area contributed by atoms with Gasteiger partial charge in [0, 0.05) is 30.0 Å². The third-order valence-corrected chi connectivity index (χ3v) is 4.40. The molecule has 4 nitrogen and oxygen atoms in total. The first-order valence-corrected chi connectivity index (χ1v) is 7.11. The van der Waals surface area contributed by atoms with Crippen LogP contribution in [0.5, 0.6) is 0 Å². The first kappa shape index (κ1) is 11.7. The molecule has 1 aliphatic rings. The average molecular weight is 260 g/mol. The van der Waals surface area contributed by atoms with Gasteiger partial charge >= 0.3 is 0 Å². The van der Waals surface area contributed by atoms with E-state index in [1.165, 1.54) is 17.7 Å². The molecule has 2 aromatic heterocycles. The first-order chi connectivity index (χ1) is 8.84. The molecule has 0 aliphatic carbocycles. The van der Waals surface area contributed by atoms with Gasteiger partial charge in [-0.25, -0.2) is 4.98 Å². The van der Waals surface area contributed by atoms with Crippen molar-refractivity contribution in [2.75, 3.05) is 6.54 Å². The molecule has 0 N–H and O–H groups in total. The number of nitrogens with zero attached hydrogens (tertiary/aromatic N) is 4. The molecule has 0 radical (unpaired) electrons. The monoisotopic (exact) mass is 260 g/mol. The normalized spacial score (nSPS) is 20.4. The van der Waals surface area contributed by atoms with E-state index < -0.39 is 0 Å². The van der Waals surface area contributed by atoms with Crippen LogP contribution >= 0.6 is 11.3 Å². The molecular formula is C13H16N4S. The van der Waals surface area contributed by atoms with Crippen molar-refractivity contribution in [2.24, 2.45) is 0 Å². The Bertz CT molecular complexity index is 511. The fourth-order valence-corrected chi connectivity index (χ4v) is 3.30. The Morgan fingerprint density at radius 1 is 1.39 bits per heavy atom. The van der Waals surface area contributed by atoms with Gasteiger partial charge in [-0.3, -0.25) is 14.9 Å². The lowest BCUT2D eigenvalue weighted by Gasteiger charge is -2.23. The van der Waals surface area contributed by atoms with Crippen molar-refractivity contribution >= 4 is 11.3 Å². The molecule has 0 saturated carbocycles. The van der Waals surface area contributed by atoms with Crippen LogP contribution in [0.4, 0.5) is 0 Å². The fourth-order valence-electron chi connectivity index (χ4n) is 2.50. The molecule has 1 aliphatic heterocycles. The Hall–Kier alpha value is -1.33. The number of thiazole rings is 1. The number of hydrogen-bond donors (Lipinski definition) is 0. The molecule has 1 fully saturated rings. The Balaban J connectivity index is 1.78. The standard InChI is InChI=1S/C13H16N4S/c1-10-13(18-9-16-10)8-17-6-2-3-12(17)11-7-14-4-5-15-11/h4-5,7,9,12H,2-3,6,8H2,1H3/t12-/m1/s1. The maximum absolute atomic E-state index is 4.45. The lowest BCUT2D eigenvalue weighted by Crippen LogP contribution is -2.23. The van der Waals surface area contributed by atoms with E-state index in [-0.39, 0.29) is 0 Å². The molecule has 0 spiro atoms. The zero-order valence-corrected chi connectivity index (χ0v) is 11.2. The maximum Gasteiger partial charge on any atom is 0.0798 e. The third-order valence-electron chi connectivity index (χ3n) is 3.48. The van der Waals surface area contributed by atoms with E-state index in [0.29, 0.717) is 6.04 Å². The Morgan fingerprint density at radius 3 is 3.06 bits per heavy atom. The van der Waals surface area contributed by atoms with Crippen LogP contribution < -0.4 is 0 Å². The SMILES string of the molecule is Cc1ncsc1CN1CCC[C@@H]1c1cnccn1. The van der Waals surface area contributed by atoms with Crippen LogP contribution in [-0.4, -0.2) is 26.4 Å². The molecule has 0 amide bonds. The Labute approximate surface area is 111 Å². The van der Waals surface area contributed by atoms with Crippen LogP contribution in [0.3, 0.4) is 0 Å². The van der Waals surface area contributed by atoms with E-state index in [4.69, 9.17) is 0 Å². The summed E-state index contributed by atoms with van der Waals surface area (Å²) in [4.78, 5) is 16.8. The molecule has 3 rings (SSSR count). The van der Waals surface area contributed by atoms with Crippen molar-refractivity contribution < 1.29 is 0 Å². The van der Waals surface area contributed by atoms with Crippen LogP contribution in [-0.2, 0) is 6.54 Å². The highest BCUT2D eigenvalue weighted by Gasteiger charge is 2.27. The molecule has 2 aromatic rings. The van der Waals surface area contributed by atoms with E-state index in [1.54, 1.807) is 23.7 Å². The summed E-state index contributed by atoms with van der Waals surface area (Å²) in [5, 5.41) is 0. The minimum atomic E-state index is 0.417. The summed E-state index contributed by atoms with van der Waals surface area (Å²) in [6, 6.07) is 0.417. The van der Waals surface area contributed by atoms with Crippen LogP contribution in [0.2, 0.25) is 0 Å². The molecule has 94 valence electrons. The molecule has 3 heterocycles. The predicted octanol–water partition coefficient (Wildman–Crippen LogP) is 2.58. The Kier molecular flexibility index (Phi) is 3.34. The zero-order chi connectivity index (χ0) is 12.4. The summed E-state index contributed by atoms with van der Waals surface area (Å²) in [7, 11) is 0. The van der Waals surface area contributed by atoms with E-state index in [0.717, 1.165) is 24.5 Å². The smallest absolute Gasteiger partial charge is 0.0798 e. The second-order valence-electron chi connectivity index (χ2n) is 4.62. The van der Waals surface area contributed by atoms with Crippen molar-refractivity contribution in [2.45, 2.75) is 32.4 Å². The quantitative estimate of drug-likeness (QED) is 0.850. The largest absolute Gasteiger partial charge is 0.290 e. The minimum Gasteiger partial charge on any atom is -0.290 e. The molecule has 5 heteroatoms. The molecule has 1 atom stereocenters. The number of likely N-dealkylation sites (tertiary alicyclic amines) is 1. The maximum atomic E-state index is 4.45. The van der Waals surface area contributed by atoms with Gasteiger partial charge in [0.05, 0.1) is 22.9 Å². The van der Waals surface area contributed by atoms with Gasteiger partial charge in [-0.1, -0.05) is 0 Å².